The highest BCUT2D eigenvalue weighted by molar-refractivity contribution is 7.79. The summed E-state index contributed by atoms with van der Waals surface area (Å²) in [5.41, 5.74) is 7.88. The van der Waals surface area contributed by atoms with E-state index in [-0.39, 0.29) is 5.11 Å². The zero-order chi connectivity index (χ0) is 7.82. The van der Waals surface area contributed by atoms with Crippen LogP contribution in [0.3, 0.4) is 0 Å². The molecule has 0 aliphatic rings. The quantitative estimate of drug-likeness (QED) is 0.473. The number of aromatic amines is 1. The lowest BCUT2D eigenvalue weighted by molar-refractivity contribution is -0.377. The molecule has 0 aromatic carbocycles. The minimum atomic E-state index is 0.250. The smallest absolute Gasteiger partial charge is 0.262 e. The molecule has 0 spiro atoms. The SMILES string of the molecule is NC([NH3+])=S.c1cc[nH+]cc1. The van der Waals surface area contributed by atoms with Crippen molar-refractivity contribution >= 4 is 17.3 Å². The number of aromatic nitrogens is 1. The number of pyridine rings is 1. The molecule has 0 bridgehead atoms. The molecule has 54 valence electrons. The van der Waals surface area contributed by atoms with E-state index in [0.29, 0.717) is 0 Å². The van der Waals surface area contributed by atoms with Gasteiger partial charge in [-0.3, -0.25) is 0 Å². The van der Waals surface area contributed by atoms with Crippen LogP contribution in [-0.4, -0.2) is 5.11 Å². The summed E-state index contributed by atoms with van der Waals surface area (Å²) in [7, 11) is 0. The maximum Gasteiger partial charge on any atom is 0.262 e. The zero-order valence-electron chi connectivity index (χ0n) is 5.58. The highest BCUT2D eigenvalue weighted by atomic mass is 32.1. The molecule has 1 aromatic rings. The summed E-state index contributed by atoms with van der Waals surface area (Å²) in [5, 5.41) is 0.250. The molecule has 1 heterocycles. The largest absolute Gasteiger partial charge is 0.345 e. The zero-order valence-corrected chi connectivity index (χ0v) is 6.40. The van der Waals surface area contributed by atoms with Gasteiger partial charge in [0.15, 0.2) is 12.4 Å². The Balaban J connectivity index is 0.000000180. The van der Waals surface area contributed by atoms with E-state index in [4.69, 9.17) is 5.73 Å². The predicted octanol–water partition coefficient (Wildman–Crippen LogP) is -1.03. The van der Waals surface area contributed by atoms with Crippen LogP contribution >= 0.6 is 12.2 Å². The summed E-state index contributed by atoms with van der Waals surface area (Å²) in [5.74, 6) is 0. The van der Waals surface area contributed by atoms with Crippen LogP contribution in [0.15, 0.2) is 30.6 Å². The molecule has 0 atom stereocenters. The molecule has 0 saturated heterocycles. The summed E-state index contributed by atoms with van der Waals surface area (Å²) >= 11 is 4.20. The summed E-state index contributed by atoms with van der Waals surface area (Å²) in [6.45, 7) is 0. The average Bonchev–Trinajstić information content (AvgIpc) is 1.90. The molecule has 1 aromatic heterocycles. The number of hydrogen-bond acceptors (Lipinski definition) is 1. The van der Waals surface area contributed by atoms with Crippen molar-refractivity contribution in [2.24, 2.45) is 5.73 Å². The Morgan fingerprint density at radius 3 is 1.80 bits per heavy atom. The van der Waals surface area contributed by atoms with Crippen LogP contribution in [0.25, 0.3) is 0 Å². The van der Waals surface area contributed by atoms with E-state index >= 15 is 0 Å². The summed E-state index contributed by atoms with van der Waals surface area (Å²) in [4.78, 5) is 2.89. The number of nitrogens with one attached hydrogen (secondary N) is 1. The third-order valence-corrected chi connectivity index (χ3v) is 0.607. The molecule has 0 aliphatic heterocycles. The summed E-state index contributed by atoms with van der Waals surface area (Å²) in [6.07, 6.45) is 3.75. The molecule has 1 rings (SSSR count). The lowest BCUT2D eigenvalue weighted by Gasteiger charge is -1.63. The fourth-order valence-corrected chi connectivity index (χ4v) is 0.342. The highest BCUT2D eigenvalue weighted by Gasteiger charge is 1.65. The van der Waals surface area contributed by atoms with Gasteiger partial charge >= 0.3 is 0 Å². The fourth-order valence-electron chi connectivity index (χ4n) is 0.342. The van der Waals surface area contributed by atoms with E-state index in [1.807, 2.05) is 30.6 Å². The first-order chi connectivity index (χ1) is 4.73. The Kier molecular flexibility index (Phi) is 5.51. The van der Waals surface area contributed by atoms with Crippen molar-refractivity contribution in [1.29, 1.82) is 0 Å². The minimum Gasteiger partial charge on any atom is -0.345 e. The van der Waals surface area contributed by atoms with E-state index in [1.54, 1.807) is 0 Å². The molecular weight excluding hydrogens is 146 g/mol. The molecule has 10 heavy (non-hydrogen) atoms. The predicted molar refractivity (Wildman–Crippen MR) is 42.7 cm³/mol. The van der Waals surface area contributed by atoms with E-state index in [0.717, 1.165) is 0 Å². The van der Waals surface area contributed by atoms with Crippen LogP contribution in [0, 0.1) is 0 Å². The maximum atomic E-state index is 4.73. The molecular formula is C6H11N3S+2. The van der Waals surface area contributed by atoms with Gasteiger partial charge in [0.25, 0.3) is 5.11 Å². The first-order valence-corrected chi connectivity index (χ1v) is 3.17. The minimum absolute atomic E-state index is 0.250. The van der Waals surface area contributed by atoms with Crippen molar-refractivity contribution < 1.29 is 10.7 Å². The van der Waals surface area contributed by atoms with Gasteiger partial charge in [-0.2, -0.15) is 0 Å². The van der Waals surface area contributed by atoms with Crippen molar-refractivity contribution in [3.63, 3.8) is 0 Å². The van der Waals surface area contributed by atoms with E-state index < -0.39 is 0 Å². The Labute approximate surface area is 65.1 Å². The van der Waals surface area contributed by atoms with Crippen LogP contribution < -0.4 is 16.5 Å². The monoisotopic (exact) mass is 157 g/mol. The van der Waals surface area contributed by atoms with Gasteiger partial charge in [0.05, 0.1) is 0 Å². The second kappa shape index (κ2) is 6.12. The Hall–Kier alpha value is -1.00. The molecule has 0 fully saturated rings. The molecule has 4 heteroatoms. The van der Waals surface area contributed by atoms with Gasteiger partial charge in [0.2, 0.25) is 0 Å². The third kappa shape index (κ3) is 10.1. The topological polar surface area (TPSA) is 67.8 Å². The first-order valence-electron chi connectivity index (χ1n) is 2.76. The number of hydrogen-bond donors (Lipinski definition) is 2. The Bertz CT molecular complexity index is 145. The van der Waals surface area contributed by atoms with Crippen LogP contribution in [0.5, 0.6) is 0 Å². The van der Waals surface area contributed by atoms with E-state index in [2.05, 4.69) is 22.9 Å². The van der Waals surface area contributed by atoms with Gasteiger partial charge in [0.1, 0.15) is 0 Å². The van der Waals surface area contributed by atoms with Crippen LogP contribution in [0.1, 0.15) is 0 Å². The highest BCUT2D eigenvalue weighted by Crippen LogP contribution is 1.68. The van der Waals surface area contributed by atoms with Crippen LogP contribution in [0.4, 0.5) is 0 Å². The number of quaternary nitrogens is 1. The second-order valence-corrected chi connectivity index (χ2v) is 2.07. The van der Waals surface area contributed by atoms with Gasteiger partial charge in [-0.05, 0) is 0 Å². The number of thiocarbonyl (C=S) groups is 1. The summed E-state index contributed by atoms with van der Waals surface area (Å²) < 4.78 is 0. The molecule has 3 nitrogen and oxygen atoms in total. The van der Waals surface area contributed by atoms with Crippen molar-refractivity contribution in [1.82, 2.24) is 0 Å². The second-order valence-electron chi connectivity index (χ2n) is 1.54. The number of rotatable bonds is 0. The van der Waals surface area contributed by atoms with Gasteiger partial charge in [-0.25, -0.2) is 4.98 Å². The molecule has 0 saturated carbocycles. The van der Waals surface area contributed by atoms with Crippen molar-refractivity contribution in [3.05, 3.63) is 30.6 Å². The van der Waals surface area contributed by atoms with E-state index in [9.17, 15) is 0 Å². The Morgan fingerprint density at radius 1 is 1.30 bits per heavy atom. The Morgan fingerprint density at radius 2 is 1.70 bits per heavy atom. The maximum absolute atomic E-state index is 4.73. The van der Waals surface area contributed by atoms with Crippen molar-refractivity contribution in [2.75, 3.05) is 0 Å². The average molecular weight is 157 g/mol. The van der Waals surface area contributed by atoms with Gasteiger partial charge in [0, 0.05) is 24.4 Å². The molecule has 0 aliphatic carbocycles. The fraction of sp³-hybridized carbons (Fsp3) is 0. The van der Waals surface area contributed by atoms with Gasteiger partial charge < -0.3 is 11.5 Å². The van der Waals surface area contributed by atoms with Crippen molar-refractivity contribution in [3.8, 4) is 0 Å². The number of nitrogens with two attached hydrogens (primary N) is 1. The van der Waals surface area contributed by atoms with Crippen molar-refractivity contribution in [2.45, 2.75) is 0 Å². The van der Waals surface area contributed by atoms with Crippen LogP contribution in [0.2, 0.25) is 0 Å². The molecule has 6 N–H and O–H groups in total. The first kappa shape index (κ1) is 9.00. The third-order valence-electron chi connectivity index (χ3n) is 0.607. The molecule has 0 amide bonds. The standard InChI is InChI=1S/C5H5N.CH4N2S/c1-2-4-6-5-3-1;2-1(3)4/h1-5H;(H4,2,3,4)/p+2. The van der Waals surface area contributed by atoms with Gasteiger partial charge in [-0.15, -0.1) is 0 Å². The lowest BCUT2D eigenvalue weighted by atomic mass is 10.5. The lowest BCUT2D eigenvalue weighted by Crippen LogP contribution is -2.60. The molecule has 0 unspecified atom stereocenters. The number of H-pyrrole nitrogens is 1. The normalized spacial score (nSPS) is 7.30. The van der Waals surface area contributed by atoms with E-state index in [1.165, 1.54) is 0 Å². The van der Waals surface area contributed by atoms with Crippen LogP contribution in [-0.2, 0) is 0 Å². The summed E-state index contributed by atoms with van der Waals surface area (Å²) in [6, 6.07) is 5.86. The van der Waals surface area contributed by atoms with Gasteiger partial charge in [-0.1, -0.05) is 6.07 Å². The molecule has 0 radical (unpaired) electrons.